The van der Waals surface area contributed by atoms with Gasteiger partial charge >= 0.3 is 0 Å². The third-order valence-corrected chi connectivity index (χ3v) is 6.93. The fourth-order valence-electron chi connectivity index (χ4n) is 4.41. The summed E-state index contributed by atoms with van der Waals surface area (Å²) in [7, 11) is 2.15. The van der Waals surface area contributed by atoms with Gasteiger partial charge in [0.05, 0.1) is 5.56 Å². The smallest absolute Gasteiger partial charge is 0.161 e. The molecule has 0 bridgehead atoms. The Morgan fingerprint density at radius 1 is 1.00 bits per heavy atom. The van der Waals surface area contributed by atoms with Crippen LogP contribution in [0.5, 0.6) is 23.0 Å². The average Bonchev–Trinajstić information content (AvgIpc) is 3.15. The van der Waals surface area contributed by atoms with Gasteiger partial charge in [-0.05, 0) is 49.5 Å². The van der Waals surface area contributed by atoms with Gasteiger partial charge in [-0.3, -0.25) is 0 Å². The molecule has 0 aliphatic carbocycles. The Balaban J connectivity index is 0.000000198. The maximum absolute atomic E-state index is 9.78. The van der Waals surface area contributed by atoms with Gasteiger partial charge < -0.3 is 34.4 Å². The molecule has 42 heavy (non-hydrogen) atoms. The van der Waals surface area contributed by atoms with Crippen LogP contribution in [0, 0.1) is 0 Å². The highest BCUT2D eigenvalue weighted by Gasteiger charge is 2.25. The fraction of sp³-hybridized carbons (Fsp3) is 0.364. The zero-order chi connectivity index (χ0) is 29.9. The van der Waals surface area contributed by atoms with Gasteiger partial charge in [-0.25, -0.2) is 4.99 Å². The molecule has 1 fully saturated rings. The number of hydrogen-bond acceptors (Lipinski definition) is 8. The van der Waals surface area contributed by atoms with Gasteiger partial charge in [0.25, 0.3) is 0 Å². The molecule has 2 heterocycles. The Labute approximate surface area is 254 Å². The quantitative estimate of drug-likeness (QED) is 0.306. The number of likely N-dealkylation sites (N-methyl/N-ethyl adjacent to an activating group) is 1. The number of ether oxygens (including phenoxy) is 3. The Bertz CT molecular complexity index is 1340. The number of piperazine rings is 1. The Hall–Kier alpha value is -3.56. The van der Waals surface area contributed by atoms with E-state index in [1.807, 2.05) is 80.6 Å². The van der Waals surface area contributed by atoms with Gasteiger partial charge in [0.2, 0.25) is 0 Å². The second-order valence-electron chi connectivity index (χ2n) is 10.5. The van der Waals surface area contributed by atoms with Crippen LogP contribution in [0.1, 0.15) is 19.4 Å². The van der Waals surface area contributed by atoms with E-state index in [1.165, 1.54) is 0 Å². The van der Waals surface area contributed by atoms with Crippen molar-refractivity contribution in [2.45, 2.75) is 26.0 Å². The van der Waals surface area contributed by atoms with Crippen LogP contribution in [0.25, 0.3) is 0 Å². The van der Waals surface area contributed by atoms with Crippen LogP contribution >= 0.6 is 11.6 Å². The van der Waals surface area contributed by atoms with E-state index in [9.17, 15) is 5.11 Å². The lowest BCUT2D eigenvalue weighted by molar-refractivity contribution is 0.102. The van der Waals surface area contributed by atoms with Gasteiger partial charge in [0.15, 0.2) is 17.2 Å². The summed E-state index contributed by atoms with van der Waals surface area (Å²) in [4.78, 5) is 9.56. The van der Waals surface area contributed by atoms with E-state index in [0.29, 0.717) is 35.7 Å². The van der Waals surface area contributed by atoms with E-state index < -0.39 is 6.10 Å². The SMILES string of the molecule is C=CCOc1ccccc1OCC(O)CNC(C)C.CN1CCN(C2=Nc3ccccc3Oc3ccc(Cl)cc32)CC1. The van der Waals surface area contributed by atoms with E-state index in [-0.39, 0.29) is 6.61 Å². The van der Waals surface area contributed by atoms with Gasteiger partial charge in [-0.1, -0.05) is 62.4 Å². The average molecular weight is 593 g/mol. The Morgan fingerprint density at radius 3 is 2.40 bits per heavy atom. The number of benzene rings is 3. The number of nitrogens with zero attached hydrogens (tertiary/aromatic N) is 3. The van der Waals surface area contributed by atoms with Crippen molar-refractivity contribution in [2.75, 3.05) is 53.0 Å². The summed E-state index contributed by atoms with van der Waals surface area (Å²) in [6.07, 6.45) is 1.13. The lowest BCUT2D eigenvalue weighted by atomic mass is 10.1. The summed E-state index contributed by atoms with van der Waals surface area (Å²) in [5.41, 5.74) is 1.81. The molecular formula is C33H41ClN4O4. The maximum Gasteiger partial charge on any atom is 0.161 e. The molecule has 1 saturated heterocycles. The Kier molecular flexibility index (Phi) is 11.7. The molecule has 0 radical (unpaired) electrons. The molecule has 0 spiro atoms. The molecule has 0 aromatic heterocycles. The second kappa shape index (κ2) is 15.6. The van der Waals surface area contributed by atoms with Crippen LogP contribution < -0.4 is 19.5 Å². The topological polar surface area (TPSA) is 78.8 Å². The predicted octanol–water partition coefficient (Wildman–Crippen LogP) is 5.76. The molecule has 8 nitrogen and oxygen atoms in total. The number of aliphatic imine (C=N–C) groups is 1. The number of para-hydroxylation sites is 4. The molecule has 0 saturated carbocycles. The third kappa shape index (κ3) is 8.97. The van der Waals surface area contributed by atoms with E-state index >= 15 is 0 Å². The number of hydrogen-bond donors (Lipinski definition) is 2. The van der Waals surface area contributed by atoms with Crippen molar-refractivity contribution in [1.29, 1.82) is 0 Å². The van der Waals surface area contributed by atoms with Crippen molar-refractivity contribution < 1.29 is 19.3 Å². The highest BCUT2D eigenvalue weighted by atomic mass is 35.5. The Morgan fingerprint density at radius 2 is 1.69 bits per heavy atom. The number of halogens is 1. The summed E-state index contributed by atoms with van der Waals surface area (Å²) in [5.74, 6) is 3.82. The van der Waals surface area contributed by atoms with E-state index in [2.05, 4.69) is 28.7 Å². The van der Waals surface area contributed by atoms with Crippen molar-refractivity contribution in [3.63, 3.8) is 0 Å². The molecule has 2 aliphatic rings. The molecule has 5 rings (SSSR count). The number of aliphatic hydroxyl groups is 1. The standard InChI is InChI=1S/C18H18ClN3O.C15H23NO3/c1-21-8-10-22(11-9-21)18-14-12-13(19)6-7-16(14)23-17-5-3-2-4-15(17)20-18;1-4-9-18-14-7-5-6-8-15(14)19-11-13(17)10-16-12(2)3/h2-7,12H,8-11H2,1H3;4-8,12-13,16-17H,1,9-11H2,2-3H3. The number of amidine groups is 1. The molecule has 1 unspecified atom stereocenters. The molecule has 1 atom stereocenters. The molecule has 9 heteroatoms. The number of aliphatic hydroxyl groups excluding tert-OH is 1. The third-order valence-electron chi connectivity index (χ3n) is 6.70. The van der Waals surface area contributed by atoms with Crippen LogP contribution in [0.2, 0.25) is 5.02 Å². The first kappa shape index (κ1) is 31.4. The van der Waals surface area contributed by atoms with Crippen molar-refractivity contribution in [2.24, 2.45) is 4.99 Å². The van der Waals surface area contributed by atoms with Crippen LogP contribution in [0.4, 0.5) is 5.69 Å². The van der Waals surface area contributed by atoms with Crippen molar-refractivity contribution in [1.82, 2.24) is 15.1 Å². The molecule has 224 valence electrons. The van der Waals surface area contributed by atoms with Gasteiger partial charge in [0.1, 0.15) is 36.6 Å². The number of nitrogens with one attached hydrogen (secondary N) is 1. The molecule has 2 N–H and O–H groups in total. The molecule has 2 aliphatic heterocycles. The lowest BCUT2D eigenvalue weighted by Crippen LogP contribution is -2.47. The minimum Gasteiger partial charge on any atom is -0.487 e. The highest BCUT2D eigenvalue weighted by molar-refractivity contribution is 6.31. The normalized spacial score (nSPS) is 15.2. The minimum absolute atomic E-state index is 0.230. The van der Waals surface area contributed by atoms with E-state index in [4.69, 9.17) is 30.8 Å². The minimum atomic E-state index is -0.546. The zero-order valence-corrected chi connectivity index (χ0v) is 25.4. The van der Waals surface area contributed by atoms with Crippen LogP contribution in [0.3, 0.4) is 0 Å². The molecule has 3 aromatic carbocycles. The van der Waals surface area contributed by atoms with Crippen LogP contribution in [-0.2, 0) is 0 Å². The first-order chi connectivity index (χ1) is 20.3. The van der Waals surface area contributed by atoms with Gasteiger partial charge in [-0.2, -0.15) is 0 Å². The monoisotopic (exact) mass is 592 g/mol. The van der Waals surface area contributed by atoms with Crippen LogP contribution in [0.15, 0.2) is 84.4 Å². The molecule has 0 amide bonds. The predicted molar refractivity (Wildman–Crippen MR) is 170 cm³/mol. The second-order valence-corrected chi connectivity index (χ2v) is 10.9. The summed E-state index contributed by atoms with van der Waals surface area (Å²) >= 11 is 6.23. The fourth-order valence-corrected chi connectivity index (χ4v) is 4.58. The first-order valence-corrected chi connectivity index (χ1v) is 14.7. The maximum atomic E-state index is 9.78. The van der Waals surface area contributed by atoms with Crippen molar-refractivity contribution >= 4 is 23.1 Å². The summed E-state index contributed by atoms with van der Waals surface area (Å²) in [6.45, 7) is 12.8. The summed E-state index contributed by atoms with van der Waals surface area (Å²) in [6, 6.07) is 21.3. The zero-order valence-electron chi connectivity index (χ0n) is 24.6. The first-order valence-electron chi connectivity index (χ1n) is 14.3. The number of rotatable bonds is 9. The largest absolute Gasteiger partial charge is 0.487 e. The molecule has 3 aromatic rings. The highest BCUT2D eigenvalue weighted by Crippen LogP contribution is 2.39. The van der Waals surface area contributed by atoms with Crippen molar-refractivity contribution in [3.05, 3.63) is 90.0 Å². The van der Waals surface area contributed by atoms with Crippen LogP contribution in [-0.4, -0.2) is 85.9 Å². The van der Waals surface area contributed by atoms with Gasteiger partial charge in [-0.15, -0.1) is 0 Å². The van der Waals surface area contributed by atoms with E-state index in [1.54, 1.807) is 6.08 Å². The van der Waals surface area contributed by atoms with E-state index in [0.717, 1.165) is 54.8 Å². The molecular weight excluding hydrogens is 552 g/mol. The summed E-state index contributed by atoms with van der Waals surface area (Å²) in [5, 5.41) is 13.6. The van der Waals surface area contributed by atoms with Crippen molar-refractivity contribution in [3.8, 4) is 23.0 Å². The summed E-state index contributed by atoms with van der Waals surface area (Å²) < 4.78 is 17.1. The number of fused-ring (bicyclic) bond motifs is 2. The lowest BCUT2D eigenvalue weighted by Gasteiger charge is -2.34. The van der Waals surface area contributed by atoms with Gasteiger partial charge in [0, 0.05) is 43.8 Å².